The molecule has 0 fully saturated rings. The number of hydrazine groups is 1. The predicted molar refractivity (Wildman–Crippen MR) is 152 cm³/mol. The number of methoxy groups -OCH3 is 1. The molecule has 1 heterocycles. The van der Waals surface area contributed by atoms with Crippen molar-refractivity contribution in [3.63, 3.8) is 0 Å². The number of amides is 1. The number of nitrogens with zero attached hydrogens (tertiary/aromatic N) is 3. The normalized spacial score (nSPS) is 10.7. The first-order valence-electron chi connectivity index (χ1n) is 14.0. The Kier molecular flexibility index (Phi) is 15.2. The largest absolute Gasteiger partial charge is 0.497 e. The Labute approximate surface area is 226 Å². The third-order valence-electron chi connectivity index (χ3n) is 6.47. The van der Waals surface area contributed by atoms with Crippen molar-refractivity contribution >= 4 is 23.2 Å². The molecule has 1 aromatic heterocycles. The molecule has 2 rings (SSSR count). The summed E-state index contributed by atoms with van der Waals surface area (Å²) in [6.45, 7) is 2.83. The monoisotopic (exact) mass is 528 g/mol. The number of hydrogen-bond donors (Lipinski definition) is 3. The zero-order chi connectivity index (χ0) is 27.4. The Morgan fingerprint density at radius 1 is 0.842 bits per heavy atom. The molecule has 0 aliphatic heterocycles. The number of carbonyl (C=O) groups is 1. The van der Waals surface area contributed by atoms with E-state index in [0.717, 1.165) is 19.3 Å². The number of rotatable bonds is 21. The Balaban J connectivity index is 1.65. The molecule has 38 heavy (non-hydrogen) atoms. The Hall–Kier alpha value is -3.43. The second kappa shape index (κ2) is 18.8. The third kappa shape index (κ3) is 11.7. The molecule has 0 aliphatic rings. The van der Waals surface area contributed by atoms with Crippen LogP contribution >= 0.6 is 0 Å². The summed E-state index contributed by atoms with van der Waals surface area (Å²) in [7, 11) is 1.54. The second-order valence-corrected chi connectivity index (χ2v) is 9.51. The van der Waals surface area contributed by atoms with E-state index in [9.17, 15) is 14.9 Å². The molecule has 1 amide bonds. The maximum Gasteiger partial charge on any atom is 0.354 e. The van der Waals surface area contributed by atoms with Gasteiger partial charge in [-0.3, -0.25) is 25.8 Å². The quantitative estimate of drug-likeness (QED) is 0.0892. The molecule has 0 atom stereocenters. The standard InChI is InChI=1S/C28H44N6O4/c1-3-4-5-6-7-8-9-10-11-12-13-14-15-16-21-29-26-25(34(36)37)27(31-22-30-26)32-33-28(35)23-17-19-24(38-2)20-18-23/h17-20,22H,3-16,21H2,1-2H3,(H,33,35)(H2,29,30,31,32). The Morgan fingerprint density at radius 3 is 1.89 bits per heavy atom. The lowest BCUT2D eigenvalue weighted by Crippen LogP contribution is -2.30. The summed E-state index contributed by atoms with van der Waals surface area (Å²) in [5.41, 5.74) is 5.05. The van der Waals surface area contributed by atoms with Gasteiger partial charge in [0.2, 0.25) is 11.6 Å². The van der Waals surface area contributed by atoms with Crippen molar-refractivity contribution in [2.75, 3.05) is 24.4 Å². The first kappa shape index (κ1) is 30.8. The lowest BCUT2D eigenvalue weighted by Gasteiger charge is -2.11. The van der Waals surface area contributed by atoms with Crippen molar-refractivity contribution in [1.82, 2.24) is 15.4 Å². The molecular weight excluding hydrogens is 484 g/mol. The van der Waals surface area contributed by atoms with E-state index in [2.05, 4.69) is 33.1 Å². The number of hydrogen-bond acceptors (Lipinski definition) is 8. The topological polar surface area (TPSA) is 131 Å². The zero-order valence-electron chi connectivity index (χ0n) is 23.0. The molecule has 0 aliphatic carbocycles. The van der Waals surface area contributed by atoms with Crippen LogP contribution in [0.5, 0.6) is 5.75 Å². The molecule has 10 nitrogen and oxygen atoms in total. The number of nitro groups is 1. The summed E-state index contributed by atoms with van der Waals surface area (Å²) in [5, 5.41) is 14.8. The van der Waals surface area contributed by atoms with Crippen LogP contribution in [-0.4, -0.2) is 34.5 Å². The average molecular weight is 529 g/mol. The number of carbonyl (C=O) groups excluding carboxylic acids is 1. The fourth-order valence-electron chi connectivity index (χ4n) is 4.23. The van der Waals surface area contributed by atoms with Gasteiger partial charge in [-0.25, -0.2) is 9.97 Å². The van der Waals surface area contributed by atoms with Crippen LogP contribution in [-0.2, 0) is 0 Å². The van der Waals surface area contributed by atoms with Crippen molar-refractivity contribution < 1.29 is 14.5 Å². The minimum Gasteiger partial charge on any atom is -0.497 e. The molecule has 0 saturated heterocycles. The van der Waals surface area contributed by atoms with Crippen LogP contribution < -0.4 is 20.9 Å². The molecule has 0 bridgehead atoms. The zero-order valence-corrected chi connectivity index (χ0v) is 23.0. The highest BCUT2D eigenvalue weighted by atomic mass is 16.6. The number of nitrogens with one attached hydrogen (secondary N) is 3. The van der Waals surface area contributed by atoms with Crippen LogP contribution in [0.3, 0.4) is 0 Å². The van der Waals surface area contributed by atoms with Gasteiger partial charge in [-0.15, -0.1) is 0 Å². The molecule has 0 radical (unpaired) electrons. The molecule has 0 saturated carbocycles. The molecule has 0 spiro atoms. The van der Waals surface area contributed by atoms with E-state index in [1.807, 2.05) is 0 Å². The van der Waals surface area contributed by atoms with E-state index in [4.69, 9.17) is 4.74 Å². The fraction of sp³-hybridized carbons (Fsp3) is 0.607. The van der Waals surface area contributed by atoms with Gasteiger partial charge in [0.05, 0.1) is 12.0 Å². The predicted octanol–water partition coefficient (Wildman–Crippen LogP) is 7.04. The number of aromatic nitrogens is 2. The van der Waals surface area contributed by atoms with Gasteiger partial charge >= 0.3 is 5.69 Å². The summed E-state index contributed by atoms with van der Waals surface area (Å²) in [4.78, 5) is 31.5. The van der Waals surface area contributed by atoms with E-state index in [-0.39, 0.29) is 17.3 Å². The molecular formula is C28H44N6O4. The molecule has 3 N–H and O–H groups in total. The summed E-state index contributed by atoms with van der Waals surface area (Å²) in [6.07, 6.45) is 19.1. The summed E-state index contributed by atoms with van der Waals surface area (Å²) in [6, 6.07) is 6.49. The Bertz CT molecular complexity index is 955. The maximum atomic E-state index is 12.4. The van der Waals surface area contributed by atoms with Crippen molar-refractivity contribution in [2.24, 2.45) is 0 Å². The number of benzene rings is 1. The van der Waals surface area contributed by atoms with Crippen LogP contribution in [0, 0.1) is 10.1 Å². The van der Waals surface area contributed by atoms with E-state index >= 15 is 0 Å². The summed E-state index contributed by atoms with van der Waals surface area (Å²) in [5.74, 6) is 0.198. The van der Waals surface area contributed by atoms with Crippen molar-refractivity contribution in [2.45, 2.75) is 96.8 Å². The Morgan fingerprint density at radius 2 is 1.37 bits per heavy atom. The number of ether oxygens (including phenoxy) is 1. The van der Waals surface area contributed by atoms with Gasteiger partial charge in [0.15, 0.2) is 0 Å². The molecule has 2 aromatic rings. The minimum absolute atomic E-state index is 0.0877. The van der Waals surface area contributed by atoms with E-state index in [1.165, 1.54) is 84.1 Å². The fourth-order valence-corrected chi connectivity index (χ4v) is 4.23. The van der Waals surface area contributed by atoms with Gasteiger partial charge in [0.1, 0.15) is 12.1 Å². The van der Waals surface area contributed by atoms with Crippen LogP contribution in [0.4, 0.5) is 17.3 Å². The smallest absolute Gasteiger partial charge is 0.354 e. The molecule has 10 heteroatoms. The second-order valence-electron chi connectivity index (χ2n) is 9.51. The van der Waals surface area contributed by atoms with Gasteiger partial charge in [-0.05, 0) is 30.7 Å². The lowest BCUT2D eigenvalue weighted by atomic mass is 10.0. The SMILES string of the molecule is CCCCCCCCCCCCCCCCNc1ncnc(NNC(=O)c2ccc(OC)cc2)c1[N+](=O)[O-]. The highest BCUT2D eigenvalue weighted by Gasteiger charge is 2.23. The van der Waals surface area contributed by atoms with Gasteiger partial charge in [0, 0.05) is 12.1 Å². The van der Waals surface area contributed by atoms with E-state index < -0.39 is 10.8 Å². The number of anilines is 2. The molecule has 210 valence electrons. The average Bonchev–Trinajstić information content (AvgIpc) is 2.93. The van der Waals surface area contributed by atoms with Gasteiger partial charge in [0.25, 0.3) is 5.91 Å². The highest BCUT2D eigenvalue weighted by molar-refractivity contribution is 5.95. The maximum absolute atomic E-state index is 12.4. The van der Waals surface area contributed by atoms with Crippen molar-refractivity contribution in [1.29, 1.82) is 0 Å². The molecule has 0 unspecified atom stereocenters. The van der Waals surface area contributed by atoms with Crippen molar-refractivity contribution in [3.05, 3.63) is 46.3 Å². The lowest BCUT2D eigenvalue weighted by molar-refractivity contribution is -0.383. The summed E-state index contributed by atoms with van der Waals surface area (Å²) >= 11 is 0. The minimum atomic E-state index is -0.560. The van der Waals surface area contributed by atoms with Crippen molar-refractivity contribution in [3.8, 4) is 5.75 Å². The molecule has 1 aromatic carbocycles. The summed E-state index contributed by atoms with van der Waals surface area (Å²) < 4.78 is 5.08. The van der Waals surface area contributed by atoms with Crippen LogP contribution in [0.15, 0.2) is 30.6 Å². The number of unbranched alkanes of at least 4 members (excludes halogenated alkanes) is 13. The van der Waals surface area contributed by atoms with E-state index in [1.54, 1.807) is 24.3 Å². The van der Waals surface area contributed by atoms with Gasteiger partial charge < -0.3 is 10.1 Å². The van der Waals surface area contributed by atoms with Gasteiger partial charge in [-0.2, -0.15) is 0 Å². The first-order valence-corrected chi connectivity index (χ1v) is 14.0. The van der Waals surface area contributed by atoms with Gasteiger partial charge in [-0.1, -0.05) is 90.4 Å². The third-order valence-corrected chi connectivity index (χ3v) is 6.47. The first-order chi connectivity index (χ1) is 18.6. The van der Waals surface area contributed by atoms with Crippen LogP contribution in [0.2, 0.25) is 0 Å². The highest BCUT2D eigenvalue weighted by Crippen LogP contribution is 2.28. The van der Waals surface area contributed by atoms with Crippen LogP contribution in [0.1, 0.15) is 107 Å². The van der Waals surface area contributed by atoms with E-state index in [0.29, 0.717) is 17.9 Å². The van der Waals surface area contributed by atoms with Crippen LogP contribution in [0.25, 0.3) is 0 Å².